The molecule has 86 valence electrons. The van der Waals surface area contributed by atoms with Crippen LogP contribution in [0.3, 0.4) is 0 Å². The van der Waals surface area contributed by atoms with Crippen molar-refractivity contribution in [1.82, 2.24) is 0 Å². The molecule has 0 aliphatic carbocycles. The predicted octanol–water partition coefficient (Wildman–Crippen LogP) is 5.12. The molecular weight excluding hydrogens is 228 g/mol. The molecule has 0 atom stereocenters. The summed E-state index contributed by atoms with van der Waals surface area (Å²) >= 11 is 6.41. The topological polar surface area (TPSA) is 0 Å². The van der Waals surface area contributed by atoms with E-state index in [1.807, 2.05) is 30.3 Å². The van der Waals surface area contributed by atoms with Crippen molar-refractivity contribution in [2.45, 2.75) is 13.8 Å². The summed E-state index contributed by atoms with van der Waals surface area (Å²) in [5, 5.41) is 0.814. The molecule has 0 saturated carbocycles. The smallest absolute Gasteiger partial charge is 0.0513 e. The summed E-state index contributed by atoms with van der Waals surface area (Å²) in [6.45, 7) is 4.14. The third-order valence-corrected chi connectivity index (χ3v) is 3.34. The van der Waals surface area contributed by atoms with Gasteiger partial charge in [0.25, 0.3) is 0 Å². The Hall–Kier alpha value is -1.53. The zero-order valence-electron chi connectivity index (χ0n) is 10.1. The third-order valence-electron chi connectivity index (χ3n) is 2.84. The van der Waals surface area contributed by atoms with Gasteiger partial charge in [-0.1, -0.05) is 71.8 Å². The molecule has 1 heteroatoms. The minimum Gasteiger partial charge on any atom is -0.0834 e. The van der Waals surface area contributed by atoms with E-state index in [9.17, 15) is 0 Å². The van der Waals surface area contributed by atoms with Gasteiger partial charge < -0.3 is 0 Å². The lowest BCUT2D eigenvalue weighted by Gasteiger charge is -2.07. The zero-order chi connectivity index (χ0) is 12.3. The quantitative estimate of drug-likeness (QED) is 0.641. The largest absolute Gasteiger partial charge is 0.0834 e. The highest BCUT2D eigenvalue weighted by Crippen LogP contribution is 2.29. The van der Waals surface area contributed by atoms with Crippen molar-refractivity contribution in [2.24, 2.45) is 0 Å². The summed E-state index contributed by atoms with van der Waals surface area (Å²) in [5.41, 5.74) is 4.60. The minimum absolute atomic E-state index is 0.814. The molecule has 2 aromatic carbocycles. The summed E-state index contributed by atoms with van der Waals surface area (Å²) in [4.78, 5) is 0. The second-order valence-corrected chi connectivity index (χ2v) is 4.55. The normalized spacial score (nSPS) is 12.2. The fraction of sp³-hybridized carbons (Fsp3) is 0.125. The lowest BCUT2D eigenvalue weighted by atomic mass is 10.0. The van der Waals surface area contributed by atoms with Crippen LogP contribution in [0.15, 0.2) is 54.6 Å². The van der Waals surface area contributed by atoms with Crippen LogP contribution < -0.4 is 0 Å². The van der Waals surface area contributed by atoms with Gasteiger partial charge in [0.2, 0.25) is 0 Å². The van der Waals surface area contributed by atoms with E-state index in [4.69, 9.17) is 11.6 Å². The standard InChI is InChI=1S/C16H15Cl/c1-12-8-10-14(11-9-12)13(2)16(17)15-6-4-3-5-7-15/h3-11H,1-2H3/b16-13+. The molecule has 0 aliphatic heterocycles. The Labute approximate surface area is 108 Å². The molecule has 0 heterocycles. The summed E-state index contributed by atoms with van der Waals surface area (Å²) in [6.07, 6.45) is 0. The molecule has 2 aromatic rings. The maximum atomic E-state index is 6.41. The van der Waals surface area contributed by atoms with E-state index in [2.05, 4.69) is 38.1 Å². The van der Waals surface area contributed by atoms with Gasteiger partial charge in [-0.05, 0) is 30.5 Å². The van der Waals surface area contributed by atoms with Gasteiger partial charge in [-0.15, -0.1) is 0 Å². The van der Waals surface area contributed by atoms with E-state index in [1.165, 1.54) is 11.1 Å². The fourth-order valence-corrected chi connectivity index (χ4v) is 1.97. The maximum Gasteiger partial charge on any atom is 0.0513 e. The Kier molecular flexibility index (Phi) is 3.65. The van der Waals surface area contributed by atoms with E-state index in [0.717, 1.165) is 16.2 Å². The average molecular weight is 243 g/mol. The monoisotopic (exact) mass is 242 g/mol. The second kappa shape index (κ2) is 5.20. The van der Waals surface area contributed by atoms with Gasteiger partial charge in [0, 0.05) is 0 Å². The molecule has 0 spiro atoms. The number of hydrogen-bond acceptors (Lipinski definition) is 0. The first-order valence-electron chi connectivity index (χ1n) is 5.67. The summed E-state index contributed by atoms with van der Waals surface area (Å²) in [7, 11) is 0. The molecule has 0 fully saturated rings. The van der Waals surface area contributed by atoms with E-state index in [1.54, 1.807) is 0 Å². The van der Waals surface area contributed by atoms with Crippen molar-refractivity contribution in [3.63, 3.8) is 0 Å². The molecule has 0 saturated heterocycles. The first kappa shape index (κ1) is 11.9. The molecule has 0 radical (unpaired) electrons. The van der Waals surface area contributed by atoms with Gasteiger partial charge in [-0.2, -0.15) is 0 Å². The number of allylic oxidation sites excluding steroid dienone is 1. The van der Waals surface area contributed by atoms with Gasteiger partial charge in [0.1, 0.15) is 0 Å². The number of hydrogen-bond donors (Lipinski definition) is 0. The molecular formula is C16H15Cl. The highest BCUT2D eigenvalue weighted by atomic mass is 35.5. The Morgan fingerprint density at radius 2 is 1.41 bits per heavy atom. The van der Waals surface area contributed by atoms with E-state index < -0.39 is 0 Å². The molecule has 17 heavy (non-hydrogen) atoms. The minimum atomic E-state index is 0.814. The highest BCUT2D eigenvalue weighted by molar-refractivity contribution is 6.52. The second-order valence-electron chi connectivity index (χ2n) is 4.17. The first-order chi connectivity index (χ1) is 8.18. The molecule has 2 rings (SSSR count). The van der Waals surface area contributed by atoms with Crippen LogP contribution in [0, 0.1) is 6.92 Å². The van der Waals surface area contributed by atoms with Crippen LogP contribution >= 0.6 is 11.6 Å². The van der Waals surface area contributed by atoms with Crippen LogP contribution in [0.2, 0.25) is 0 Å². The SMILES string of the molecule is C/C(=C(\Cl)c1ccccc1)c1ccc(C)cc1. The van der Waals surface area contributed by atoms with Crippen LogP contribution in [-0.2, 0) is 0 Å². The molecule has 0 unspecified atom stereocenters. The highest BCUT2D eigenvalue weighted by Gasteiger charge is 2.04. The van der Waals surface area contributed by atoms with Crippen LogP contribution in [-0.4, -0.2) is 0 Å². The van der Waals surface area contributed by atoms with Gasteiger partial charge in [-0.25, -0.2) is 0 Å². The van der Waals surface area contributed by atoms with Crippen LogP contribution in [0.5, 0.6) is 0 Å². The van der Waals surface area contributed by atoms with Gasteiger partial charge in [0.15, 0.2) is 0 Å². The average Bonchev–Trinajstić information content (AvgIpc) is 2.39. The van der Waals surface area contributed by atoms with Gasteiger partial charge in [-0.3, -0.25) is 0 Å². The number of benzene rings is 2. The molecule has 0 aromatic heterocycles. The number of aryl methyl sites for hydroxylation is 1. The summed E-state index contributed by atoms with van der Waals surface area (Å²) in [6, 6.07) is 18.5. The van der Waals surface area contributed by atoms with Crippen molar-refractivity contribution in [3.05, 3.63) is 71.3 Å². The van der Waals surface area contributed by atoms with Crippen molar-refractivity contribution in [1.29, 1.82) is 0 Å². The number of rotatable bonds is 2. The van der Waals surface area contributed by atoms with Gasteiger partial charge in [0.05, 0.1) is 5.03 Å². The fourth-order valence-electron chi connectivity index (χ4n) is 1.73. The van der Waals surface area contributed by atoms with Crippen LogP contribution in [0.4, 0.5) is 0 Å². The Morgan fingerprint density at radius 1 is 0.824 bits per heavy atom. The van der Waals surface area contributed by atoms with Crippen molar-refractivity contribution in [2.75, 3.05) is 0 Å². The Balaban J connectivity index is 2.41. The molecule has 0 aliphatic rings. The Morgan fingerprint density at radius 3 is 2.00 bits per heavy atom. The van der Waals surface area contributed by atoms with Crippen molar-refractivity contribution < 1.29 is 0 Å². The molecule has 0 amide bonds. The van der Waals surface area contributed by atoms with Crippen LogP contribution in [0.25, 0.3) is 10.6 Å². The Bertz CT molecular complexity index is 521. The van der Waals surface area contributed by atoms with E-state index in [-0.39, 0.29) is 0 Å². The first-order valence-corrected chi connectivity index (χ1v) is 6.05. The van der Waals surface area contributed by atoms with Crippen molar-refractivity contribution >= 4 is 22.2 Å². The third kappa shape index (κ3) is 2.78. The van der Waals surface area contributed by atoms with E-state index >= 15 is 0 Å². The number of halogens is 1. The van der Waals surface area contributed by atoms with Gasteiger partial charge >= 0.3 is 0 Å². The summed E-state index contributed by atoms with van der Waals surface area (Å²) in [5.74, 6) is 0. The summed E-state index contributed by atoms with van der Waals surface area (Å²) < 4.78 is 0. The lowest BCUT2D eigenvalue weighted by Crippen LogP contribution is -1.84. The molecule has 0 nitrogen and oxygen atoms in total. The molecule has 0 bridgehead atoms. The van der Waals surface area contributed by atoms with E-state index in [0.29, 0.717) is 0 Å². The maximum absolute atomic E-state index is 6.41. The van der Waals surface area contributed by atoms with Crippen molar-refractivity contribution in [3.8, 4) is 0 Å². The molecule has 0 N–H and O–H groups in total. The predicted molar refractivity (Wildman–Crippen MR) is 76.0 cm³/mol. The van der Waals surface area contributed by atoms with Crippen LogP contribution in [0.1, 0.15) is 23.6 Å². The lowest BCUT2D eigenvalue weighted by molar-refractivity contribution is 1.45. The zero-order valence-corrected chi connectivity index (χ0v) is 10.8.